The molecule has 0 fully saturated rings. The first kappa shape index (κ1) is 15.0. The number of hydrogen-bond donors (Lipinski definition) is 0. The lowest BCUT2D eigenvalue weighted by atomic mass is 9.97. The van der Waals surface area contributed by atoms with Crippen LogP contribution in [0.1, 0.15) is 20.8 Å². The van der Waals surface area contributed by atoms with Gasteiger partial charge in [-0.2, -0.15) is 0 Å². The summed E-state index contributed by atoms with van der Waals surface area (Å²) in [6.07, 6.45) is 0. The average molecular weight is 271 g/mol. The van der Waals surface area contributed by atoms with Crippen LogP contribution in [0, 0.1) is 5.41 Å². The number of rotatable bonds is 4. The van der Waals surface area contributed by atoms with Crippen molar-refractivity contribution in [3.63, 3.8) is 0 Å². The van der Waals surface area contributed by atoms with Gasteiger partial charge in [-0.1, -0.05) is 20.8 Å². The predicted molar refractivity (Wildman–Crippen MR) is 72.3 cm³/mol. The van der Waals surface area contributed by atoms with E-state index in [1.54, 1.807) is 38.4 Å². The Morgan fingerprint density at radius 1 is 1.17 bits per heavy atom. The van der Waals surface area contributed by atoms with Crippen LogP contribution in [0.2, 0.25) is 0 Å². The maximum Gasteiger partial charge on any atom is 0.242 e. The van der Waals surface area contributed by atoms with Crippen LogP contribution >= 0.6 is 0 Å². The summed E-state index contributed by atoms with van der Waals surface area (Å²) in [5.41, 5.74) is -0.0751. The highest BCUT2D eigenvalue weighted by Gasteiger charge is 2.25. The highest BCUT2D eigenvalue weighted by Crippen LogP contribution is 2.22. The fourth-order valence-corrected chi connectivity index (χ4v) is 3.08. The summed E-state index contributed by atoms with van der Waals surface area (Å²) in [5.74, 6) is 0.646. The number of sulfonamides is 1. The van der Waals surface area contributed by atoms with E-state index >= 15 is 0 Å². The van der Waals surface area contributed by atoms with Crippen molar-refractivity contribution in [1.82, 2.24) is 4.31 Å². The van der Waals surface area contributed by atoms with Crippen molar-refractivity contribution >= 4 is 10.0 Å². The van der Waals surface area contributed by atoms with Crippen LogP contribution in [-0.4, -0.2) is 33.4 Å². The van der Waals surface area contributed by atoms with Gasteiger partial charge in [0.25, 0.3) is 0 Å². The summed E-state index contributed by atoms with van der Waals surface area (Å²) in [4.78, 5) is 0.287. The first-order chi connectivity index (χ1) is 8.16. The van der Waals surface area contributed by atoms with Gasteiger partial charge in [-0.25, -0.2) is 12.7 Å². The van der Waals surface area contributed by atoms with E-state index in [0.717, 1.165) is 0 Å². The molecule has 0 bridgehead atoms. The maximum absolute atomic E-state index is 12.3. The zero-order valence-corrected chi connectivity index (χ0v) is 12.4. The van der Waals surface area contributed by atoms with Gasteiger partial charge >= 0.3 is 0 Å². The highest BCUT2D eigenvalue weighted by atomic mass is 32.2. The Kier molecular flexibility index (Phi) is 4.40. The largest absolute Gasteiger partial charge is 0.497 e. The second-order valence-corrected chi connectivity index (χ2v) is 7.54. The van der Waals surface area contributed by atoms with Gasteiger partial charge in [-0.15, -0.1) is 0 Å². The molecule has 102 valence electrons. The van der Waals surface area contributed by atoms with Crippen molar-refractivity contribution in [3.05, 3.63) is 24.3 Å². The maximum atomic E-state index is 12.3. The van der Waals surface area contributed by atoms with Crippen molar-refractivity contribution < 1.29 is 13.2 Å². The Bertz CT molecular complexity index is 486. The molecule has 0 saturated carbocycles. The van der Waals surface area contributed by atoms with E-state index in [4.69, 9.17) is 4.74 Å². The van der Waals surface area contributed by atoms with E-state index in [9.17, 15) is 8.42 Å². The number of methoxy groups -OCH3 is 1. The predicted octanol–water partition coefficient (Wildman–Crippen LogP) is 2.36. The quantitative estimate of drug-likeness (QED) is 0.844. The Morgan fingerprint density at radius 2 is 1.67 bits per heavy atom. The van der Waals surface area contributed by atoms with Gasteiger partial charge in [0.1, 0.15) is 5.75 Å². The van der Waals surface area contributed by atoms with Crippen molar-refractivity contribution in [2.75, 3.05) is 20.7 Å². The first-order valence-electron chi connectivity index (χ1n) is 5.77. The van der Waals surface area contributed by atoms with Crippen molar-refractivity contribution in [1.29, 1.82) is 0 Å². The molecule has 1 aromatic rings. The highest BCUT2D eigenvalue weighted by molar-refractivity contribution is 7.89. The number of nitrogens with zero attached hydrogens (tertiary/aromatic N) is 1. The third-order valence-electron chi connectivity index (χ3n) is 2.46. The van der Waals surface area contributed by atoms with Crippen molar-refractivity contribution in [3.8, 4) is 5.75 Å². The monoisotopic (exact) mass is 271 g/mol. The molecule has 0 aliphatic heterocycles. The molecule has 4 nitrogen and oxygen atoms in total. The lowest BCUT2D eigenvalue weighted by Crippen LogP contribution is -2.34. The zero-order valence-electron chi connectivity index (χ0n) is 11.6. The second-order valence-electron chi connectivity index (χ2n) is 5.50. The van der Waals surface area contributed by atoms with Crippen molar-refractivity contribution in [2.45, 2.75) is 25.7 Å². The molecule has 0 atom stereocenters. The number of ether oxygens (including phenoxy) is 1. The lowest BCUT2D eigenvalue weighted by molar-refractivity contribution is 0.310. The van der Waals surface area contributed by atoms with E-state index in [2.05, 4.69) is 0 Å². The Balaban J connectivity index is 2.98. The molecule has 0 heterocycles. The van der Waals surface area contributed by atoms with E-state index < -0.39 is 10.0 Å². The fraction of sp³-hybridized carbons (Fsp3) is 0.538. The normalized spacial score (nSPS) is 12.8. The first-order valence-corrected chi connectivity index (χ1v) is 7.21. The van der Waals surface area contributed by atoms with Gasteiger partial charge in [0, 0.05) is 13.6 Å². The van der Waals surface area contributed by atoms with Crippen LogP contribution in [0.4, 0.5) is 0 Å². The molecule has 1 aromatic carbocycles. The van der Waals surface area contributed by atoms with E-state index in [0.29, 0.717) is 12.3 Å². The van der Waals surface area contributed by atoms with E-state index in [1.165, 1.54) is 4.31 Å². The van der Waals surface area contributed by atoms with Crippen LogP contribution < -0.4 is 4.74 Å². The van der Waals surface area contributed by atoms with Crippen LogP contribution in [0.5, 0.6) is 5.75 Å². The van der Waals surface area contributed by atoms with Gasteiger partial charge in [-0.3, -0.25) is 0 Å². The van der Waals surface area contributed by atoms with Gasteiger partial charge in [-0.05, 0) is 29.7 Å². The summed E-state index contributed by atoms with van der Waals surface area (Å²) in [7, 11) is -0.267. The Hall–Kier alpha value is -1.07. The zero-order chi connectivity index (χ0) is 14.0. The smallest absolute Gasteiger partial charge is 0.242 e. The van der Waals surface area contributed by atoms with Crippen LogP contribution in [-0.2, 0) is 10.0 Å². The van der Waals surface area contributed by atoms with Gasteiger partial charge in [0.2, 0.25) is 10.0 Å². The fourth-order valence-electron chi connectivity index (χ4n) is 1.68. The summed E-state index contributed by atoms with van der Waals surface area (Å²) in [6.45, 7) is 6.49. The van der Waals surface area contributed by atoms with E-state index in [-0.39, 0.29) is 10.3 Å². The SMILES string of the molecule is COc1ccc(S(=O)(=O)N(C)CC(C)(C)C)cc1. The molecular weight excluding hydrogens is 250 g/mol. The van der Waals surface area contributed by atoms with Gasteiger partial charge < -0.3 is 4.74 Å². The van der Waals surface area contributed by atoms with E-state index in [1.807, 2.05) is 20.8 Å². The molecule has 1 rings (SSSR count). The molecule has 0 aliphatic rings. The third-order valence-corrected chi connectivity index (χ3v) is 4.28. The molecule has 0 radical (unpaired) electrons. The molecule has 0 unspecified atom stereocenters. The van der Waals surface area contributed by atoms with Crippen molar-refractivity contribution in [2.24, 2.45) is 5.41 Å². The molecule has 0 saturated heterocycles. The van der Waals surface area contributed by atoms with Crippen LogP contribution in [0.3, 0.4) is 0 Å². The molecular formula is C13H21NO3S. The molecule has 0 N–H and O–H groups in total. The minimum atomic E-state index is -3.42. The summed E-state index contributed by atoms with van der Waals surface area (Å²) >= 11 is 0. The summed E-state index contributed by atoms with van der Waals surface area (Å²) < 4.78 is 31.0. The Labute approximate surface area is 110 Å². The van der Waals surface area contributed by atoms with Crippen LogP contribution in [0.15, 0.2) is 29.2 Å². The minimum absolute atomic E-state index is 0.0751. The summed E-state index contributed by atoms with van der Waals surface area (Å²) in [6, 6.07) is 6.43. The van der Waals surface area contributed by atoms with Gasteiger partial charge in [0.05, 0.1) is 12.0 Å². The standard InChI is InChI=1S/C13H21NO3S/c1-13(2,3)10-14(4)18(15,16)12-8-6-11(17-5)7-9-12/h6-9H,10H2,1-5H3. The minimum Gasteiger partial charge on any atom is -0.497 e. The third kappa shape index (κ3) is 3.71. The molecule has 0 amide bonds. The average Bonchev–Trinajstić information content (AvgIpc) is 2.27. The van der Waals surface area contributed by atoms with Crippen LogP contribution in [0.25, 0.3) is 0 Å². The molecule has 0 spiro atoms. The number of benzene rings is 1. The Morgan fingerprint density at radius 3 is 2.06 bits per heavy atom. The molecule has 18 heavy (non-hydrogen) atoms. The molecule has 0 aromatic heterocycles. The number of hydrogen-bond acceptors (Lipinski definition) is 3. The second kappa shape index (κ2) is 5.28. The lowest BCUT2D eigenvalue weighted by Gasteiger charge is -2.26. The molecule has 5 heteroatoms. The molecule has 0 aliphatic carbocycles. The topological polar surface area (TPSA) is 46.6 Å². The summed E-state index contributed by atoms with van der Waals surface area (Å²) in [5, 5.41) is 0. The van der Waals surface area contributed by atoms with Gasteiger partial charge in [0.15, 0.2) is 0 Å².